The molecule has 0 aliphatic carbocycles. The highest BCUT2D eigenvalue weighted by atomic mass is 35.5. The van der Waals surface area contributed by atoms with Crippen molar-refractivity contribution >= 4 is 77.8 Å². The van der Waals surface area contributed by atoms with Crippen LogP contribution in [0.1, 0.15) is 110 Å². The zero-order valence-electron chi connectivity index (χ0n) is 40.9. The molecule has 2 unspecified atom stereocenters. The third-order valence-corrected chi connectivity index (χ3v) is 11.3. The van der Waals surface area contributed by atoms with E-state index in [0.717, 1.165) is 5.69 Å². The summed E-state index contributed by atoms with van der Waals surface area (Å²) in [7, 11) is 2.79. The number of nitrogens with one attached hydrogen (secondary N) is 2. The van der Waals surface area contributed by atoms with Gasteiger partial charge < -0.3 is 54.5 Å². The van der Waals surface area contributed by atoms with E-state index in [1.54, 1.807) is 21.9 Å². The molecule has 0 radical (unpaired) electrons. The van der Waals surface area contributed by atoms with E-state index in [1.165, 1.54) is 20.3 Å². The number of piperazine rings is 2. The molecule has 0 aromatic heterocycles. The first kappa shape index (κ1) is 57.6. The van der Waals surface area contributed by atoms with Gasteiger partial charge in [-0.1, -0.05) is 0 Å². The molecule has 6 N–H and O–H groups in total. The summed E-state index contributed by atoms with van der Waals surface area (Å²) < 4.78 is 21.4. The van der Waals surface area contributed by atoms with Crippen molar-refractivity contribution in [2.24, 2.45) is 11.7 Å². The van der Waals surface area contributed by atoms with Crippen molar-refractivity contribution < 1.29 is 72.3 Å². The number of aldehydes is 1. The Hall–Kier alpha value is -6.68. The molecule has 2 aromatic rings. The molecule has 4 fully saturated rings. The number of hydrogen-bond donors (Lipinski definition) is 5. The van der Waals surface area contributed by atoms with E-state index in [2.05, 4.69) is 15.5 Å². The number of benzene rings is 2. The van der Waals surface area contributed by atoms with Gasteiger partial charge in [-0.2, -0.15) is 0 Å². The number of carbonyl (C=O) groups is 9. The van der Waals surface area contributed by atoms with E-state index in [9.17, 15) is 53.4 Å². The second-order valence-electron chi connectivity index (χ2n) is 18.7. The Morgan fingerprint density at radius 2 is 1.10 bits per heavy atom. The predicted molar refractivity (Wildman–Crippen MR) is 257 cm³/mol. The van der Waals surface area contributed by atoms with Crippen molar-refractivity contribution in [3.05, 3.63) is 46.5 Å². The van der Waals surface area contributed by atoms with E-state index in [0.29, 0.717) is 102 Å². The number of anilines is 2. The number of amides is 6. The van der Waals surface area contributed by atoms with Crippen molar-refractivity contribution in [3.8, 4) is 11.5 Å². The zero-order valence-corrected chi connectivity index (χ0v) is 41.7. The average molecular weight is 1000 g/mol. The topological polar surface area (TPSA) is 294 Å². The van der Waals surface area contributed by atoms with Crippen LogP contribution < -0.4 is 35.6 Å². The summed E-state index contributed by atoms with van der Waals surface area (Å²) in [6, 6.07) is 6.16. The third kappa shape index (κ3) is 16.5. The van der Waals surface area contributed by atoms with Gasteiger partial charge in [-0.05, 0) is 84.9 Å². The minimum atomic E-state index is -1.22. The van der Waals surface area contributed by atoms with Crippen molar-refractivity contribution in [2.45, 2.75) is 97.3 Å². The van der Waals surface area contributed by atoms with Gasteiger partial charge in [-0.25, -0.2) is 19.2 Å². The fraction of sp³-hybridized carbons (Fsp3) is 0.553. The molecule has 0 saturated carbocycles. The van der Waals surface area contributed by atoms with Crippen LogP contribution in [0.25, 0.3) is 0 Å². The first-order chi connectivity index (χ1) is 32.3. The van der Waals surface area contributed by atoms with Gasteiger partial charge in [0.1, 0.15) is 33.8 Å². The van der Waals surface area contributed by atoms with Gasteiger partial charge in [0.15, 0.2) is 6.29 Å². The number of rotatable bonds is 10. The number of aryl methyl sites for hydroxylation is 1. The fourth-order valence-corrected chi connectivity index (χ4v) is 7.73. The van der Waals surface area contributed by atoms with Crippen molar-refractivity contribution in [1.82, 2.24) is 20.4 Å². The quantitative estimate of drug-likeness (QED) is 0.167. The molecule has 22 nitrogen and oxygen atoms in total. The van der Waals surface area contributed by atoms with Gasteiger partial charge >= 0.3 is 24.1 Å². The van der Waals surface area contributed by atoms with Gasteiger partial charge in [0.05, 0.1) is 20.3 Å². The number of methoxy groups -OCH3 is 2. The van der Waals surface area contributed by atoms with Crippen LogP contribution in [0.3, 0.4) is 0 Å². The lowest BCUT2D eigenvalue weighted by Gasteiger charge is -2.37. The highest BCUT2D eigenvalue weighted by Crippen LogP contribution is 2.33. The molecule has 6 rings (SSSR count). The lowest BCUT2D eigenvalue weighted by molar-refractivity contribution is -0.137. The molecule has 386 valence electrons. The summed E-state index contributed by atoms with van der Waals surface area (Å²) in [5.74, 6) is -3.44. The fourth-order valence-electron chi connectivity index (χ4n) is 7.73. The Bertz CT molecular complexity index is 2260. The first-order valence-corrected chi connectivity index (χ1v) is 22.6. The summed E-state index contributed by atoms with van der Waals surface area (Å²) in [6.45, 7) is 15.0. The molecule has 6 amide bonds. The highest BCUT2D eigenvalue weighted by Gasteiger charge is 2.31. The molecule has 0 spiro atoms. The Morgan fingerprint density at radius 1 is 0.671 bits per heavy atom. The predicted octanol–water partition coefficient (Wildman–Crippen LogP) is 3.87. The van der Waals surface area contributed by atoms with Crippen molar-refractivity contribution in [1.29, 1.82) is 0 Å². The van der Waals surface area contributed by atoms with E-state index in [1.807, 2.05) is 52.5 Å². The van der Waals surface area contributed by atoms with Crippen LogP contribution in [0.5, 0.6) is 11.5 Å². The van der Waals surface area contributed by atoms with Gasteiger partial charge in [0.2, 0.25) is 23.6 Å². The summed E-state index contributed by atoms with van der Waals surface area (Å²) in [6.07, 6.45) is 2.17. The molecule has 4 aliphatic rings. The average Bonchev–Trinajstić information content (AvgIpc) is 3.28. The third-order valence-electron chi connectivity index (χ3n) is 11.3. The van der Waals surface area contributed by atoms with Crippen LogP contribution in [0, 0.1) is 5.92 Å². The van der Waals surface area contributed by atoms with Gasteiger partial charge in [-0.15, -0.1) is 12.4 Å². The Labute approximate surface area is 412 Å². The maximum absolute atomic E-state index is 12.4. The highest BCUT2D eigenvalue weighted by molar-refractivity contribution is 6.01. The molecular weight excluding hydrogens is 938 g/mol. The molecule has 2 aromatic carbocycles. The number of aromatic carboxylic acids is 2. The smallest absolute Gasteiger partial charge is 0.410 e. The standard InChI is InChI=1S/C24H33N3O7.C18H24N2O6.C5H8N2O2.ClH/c1-24(2,3)34-23(32)27-11-9-26(10-12-27)17-13-16(20(22(30)31)18(14-17)33-4)6-5-15-7-8-19(28)25-21(15)29;1-18(2,3)26-17(24)20-7-5-19(6-8-20)13-9-12(11-21)15(16(22)23)14(10-13)25-4;6-3-1-2-4(8)7-5(3)9;/h13-15H,5-12H2,1-4H3,(H,30,31)(H,25,28,29);9-11H,5-8H2,1-4H3,(H,22,23);3H,1-2,6H2,(H,7,8,9);1H. The van der Waals surface area contributed by atoms with Crippen LogP contribution in [-0.4, -0.2) is 158 Å². The molecular formula is C47H66ClN7O15. The monoisotopic (exact) mass is 1000 g/mol. The number of halogens is 1. The number of carboxylic acid groups (broad SMARTS) is 2. The molecule has 70 heavy (non-hydrogen) atoms. The summed E-state index contributed by atoms with van der Waals surface area (Å²) in [5, 5.41) is 23.6. The second-order valence-corrected chi connectivity index (χ2v) is 18.7. The van der Waals surface area contributed by atoms with Gasteiger partial charge in [-0.3, -0.25) is 34.6 Å². The SMILES string of the molecule is COc1cc(N2CCN(C(=O)OC(C)(C)C)CC2)cc(C=O)c1C(=O)O.COc1cc(N2CCN(C(=O)OC(C)(C)C)CC2)cc(CCC2CCC(=O)NC2=O)c1C(=O)O.Cl.NC1CCC(=O)NC1=O. The maximum Gasteiger partial charge on any atom is 0.410 e. The van der Waals surface area contributed by atoms with E-state index < -0.39 is 29.2 Å². The lowest BCUT2D eigenvalue weighted by atomic mass is 9.90. The summed E-state index contributed by atoms with van der Waals surface area (Å²) in [4.78, 5) is 111. The number of carboxylic acids is 2. The second kappa shape index (κ2) is 25.3. The summed E-state index contributed by atoms with van der Waals surface area (Å²) >= 11 is 0. The first-order valence-electron chi connectivity index (χ1n) is 22.6. The van der Waals surface area contributed by atoms with E-state index >= 15 is 0 Å². The normalized spacial score (nSPS) is 18.3. The molecule has 4 saturated heterocycles. The van der Waals surface area contributed by atoms with Crippen LogP contribution in [-0.2, 0) is 35.1 Å². The van der Waals surface area contributed by atoms with Gasteiger partial charge in [0.25, 0.3) is 0 Å². The molecule has 4 heterocycles. The number of nitrogens with zero attached hydrogens (tertiary/aromatic N) is 4. The number of carbonyl (C=O) groups excluding carboxylic acids is 7. The van der Waals surface area contributed by atoms with Crippen molar-refractivity contribution in [2.75, 3.05) is 76.4 Å². The van der Waals surface area contributed by atoms with Crippen LogP contribution in [0.2, 0.25) is 0 Å². The van der Waals surface area contributed by atoms with Crippen LogP contribution in [0.4, 0.5) is 21.0 Å². The van der Waals surface area contributed by atoms with Crippen molar-refractivity contribution in [3.63, 3.8) is 0 Å². The lowest BCUT2D eigenvalue weighted by Crippen LogP contribution is -2.50. The largest absolute Gasteiger partial charge is 0.496 e. The summed E-state index contributed by atoms with van der Waals surface area (Å²) in [5.41, 5.74) is 6.19. The molecule has 0 bridgehead atoms. The Balaban J connectivity index is 0.000000317. The van der Waals surface area contributed by atoms with Crippen LogP contribution >= 0.6 is 12.4 Å². The Kier molecular flexibility index (Phi) is 20.8. The number of imide groups is 2. The molecule has 4 aliphatic heterocycles. The molecule has 23 heteroatoms. The maximum atomic E-state index is 12.4. The van der Waals surface area contributed by atoms with Crippen LogP contribution in [0.15, 0.2) is 24.3 Å². The zero-order chi connectivity index (χ0) is 51.4. The Morgan fingerprint density at radius 3 is 1.49 bits per heavy atom. The number of hydrogen-bond acceptors (Lipinski definition) is 16. The number of nitrogens with two attached hydrogens (primary N) is 1. The minimum absolute atomic E-state index is 0. The van der Waals surface area contributed by atoms with E-state index in [-0.39, 0.29) is 88.8 Å². The number of piperidine rings is 2. The van der Waals surface area contributed by atoms with E-state index in [4.69, 9.17) is 24.7 Å². The number of ether oxygens (including phenoxy) is 4. The minimum Gasteiger partial charge on any atom is -0.496 e. The molecule has 2 atom stereocenters. The van der Waals surface area contributed by atoms with Gasteiger partial charge in [0, 0.05) is 100 Å².